The first-order valence-corrected chi connectivity index (χ1v) is 8.24. The number of amides is 2. The first-order valence-electron chi connectivity index (χ1n) is 7.42. The largest absolute Gasteiger partial charge is 0.461 e. The first kappa shape index (κ1) is 17.3. The highest BCUT2D eigenvalue weighted by Gasteiger charge is 2.36. The summed E-state index contributed by atoms with van der Waals surface area (Å²) in [5.74, 6) is -1.03. The standard InChI is InChI=1S/C17H19NO4S/c1-4-12(3)22-15(19)10-18-16(20)14(23-17(18)21)9-13-7-5-11(2)6-8-13/h5-9,12H,4,10H2,1-3H3/b14-9+/t12-/m1/s1. The molecule has 1 aromatic carbocycles. The Morgan fingerprint density at radius 1 is 1.30 bits per heavy atom. The van der Waals surface area contributed by atoms with E-state index >= 15 is 0 Å². The summed E-state index contributed by atoms with van der Waals surface area (Å²) in [5.41, 5.74) is 1.95. The highest BCUT2D eigenvalue weighted by Crippen LogP contribution is 2.32. The third-order valence-corrected chi connectivity index (χ3v) is 4.35. The Morgan fingerprint density at radius 3 is 2.57 bits per heavy atom. The normalized spacial score (nSPS) is 17.7. The molecule has 0 bridgehead atoms. The molecule has 23 heavy (non-hydrogen) atoms. The van der Waals surface area contributed by atoms with Crippen molar-refractivity contribution in [2.24, 2.45) is 0 Å². The Balaban J connectivity index is 2.07. The molecule has 5 nitrogen and oxygen atoms in total. The molecule has 0 saturated carbocycles. The van der Waals surface area contributed by atoms with Crippen molar-refractivity contribution in [2.45, 2.75) is 33.3 Å². The van der Waals surface area contributed by atoms with Crippen molar-refractivity contribution in [2.75, 3.05) is 6.54 Å². The Bertz CT molecular complexity index is 651. The lowest BCUT2D eigenvalue weighted by Crippen LogP contribution is -2.35. The molecule has 1 atom stereocenters. The SMILES string of the molecule is CC[C@@H](C)OC(=O)CN1C(=O)S/C(=C/c2ccc(C)cc2)C1=O. The van der Waals surface area contributed by atoms with Gasteiger partial charge in [0.2, 0.25) is 0 Å². The van der Waals surface area contributed by atoms with E-state index in [0.717, 1.165) is 27.8 Å². The summed E-state index contributed by atoms with van der Waals surface area (Å²) in [4.78, 5) is 37.2. The van der Waals surface area contributed by atoms with E-state index in [9.17, 15) is 14.4 Å². The van der Waals surface area contributed by atoms with Gasteiger partial charge in [-0.15, -0.1) is 0 Å². The van der Waals surface area contributed by atoms with Crippen LogP contribution in [0.2, 0.25) is 0 Å². The zero-order chi connectivity index (χ0) is 17.0. The van der Waals surface area contributed by atoms with Gasteiger partial charge in [0.25, 0.3) is 11.1 Å². The lowest BCUT2D eigenvalue weighted by atomic mass is 10.1. The molecule has 1 heterocycles. The van der Waals surface area contributed by atoms with E-state index in [2.05, 4.69) is 0 Å². The van der Waals surface area contributed by atoms with Crippen LogP contribution in [-0.2, 0) is 14.3 Å². The average molecular weight is 333 g/mol. The molecule has 1 saturated heterocycles. The van der Waals surface area contributed by atoms with Crippen molar-refractivity contribution in [3.8, 4) is 0 Å². The van der Waals surface area contributed by atoms with Crippen LogP contribution in [0.1, 0.15) is 31.4 Å². The highest BCUT2D eigenvalue weighted by atomic mass is 32.2. The van der Waals surface area contributed by atoms with E-state index in [0.29, 0.717) is 11.3 Å². The van der Waals surface area contributed by atoms with E-state index in [1.165, 1.54) is 0 Å². The van der Waals surface area contributed by atoms with Crippen LogP contribution < -0.4 is 0 Å². The van der Waals surface area contributed by atoms with Crippen LogP contribution in [-0.4, -0.2) is 34.7 Å². The van der Waals surface area contributed by atoms with Gasteiger partial charge in [0.05, 0.1) is 11.0 Å². The molecule has 0 N–H and O–H groups in total. The van der Waals surface area contributed by atoms with Crippen molar-refractivity contribution in [3.05, 3.63) is 40.3 Å². The smallest absolute Gasteiger partial charge is 0.326 e. The molecule has 1 aliphatic rings. The van der Waals surface area contributed by atoms with Gasteiger partial charge in [-0.2, -0.15) is 0 Å². The second kappa shape index (κ2) is 7.46. The average Bonchev–Trinajstić information content (AvgIpc) is 2.77. The topological polar surface area (TPSA) is 63.7 Å². The van der Waals surface area contributed by atoms with Gasteiger partial charge < -0.3 is 4.74 Å². The second-order valence-corrected chi connectivity index (χ2v) is 6.38. The maximum atomic E-state index is 12.3. The third-order valence-electron chi connectivity index (χ3n) is 3.44. The fourth-order valence-electron chi connectivity index (χ4n) is 1.92. The summed E-state index contributed by atoms with van der Waals surface area (Å²) in [7, 11) is 0. The number of aryl methyl sites for hydroxylation is 1. The van der Waals surface area contributed by atoms with Gasteiger partial charge in [0.1, 0.15) is 6.54 Å². The lowest BCUT2D eigenvalue weighted by molar-refractivity contribution is -0.150. The molecule has 0 aliphatic carbocycles. The number of thioether (sulfide) groups is 1. The summed E-state index contributed by atoms with van der Waals surface area (Å²) in [6.07, 6.45) is 2.11. The van der Waals surface area contributed by atoms with Gasteiger partial charge in [-0.3, -0.25) is 19.3 Å². The van der Waals surface area contributed by atoms with Crippen LogP contribution in [0.4, 0.5) is 4.79 Å². The Hall–Kier alpha value is -2.08. The highest BCUT2D eigenvalue weighted by molar-refractivity contribution is 8.18. The first-order chi connectivity index (χ1) is 10.9. The molecule has 0 spiro atoms. The van der Waals surface area contributed by atoms with E-state index in [1.807, 2.05) is 38.1 Å². The van der Waals surface area contributed by atoms with Crippen LogP contribution in [0.3, 0.4) is 0 Å². The van der Waals surface area contributed by atoms with Gasteiger partial charge in [0, 0.05) is 0 Å². The quantitative estimate of drug-likeness (QED) is 0.610. The van der Waals surface area contributed by atoms with Crippen molar-refractivity contribution in [3.63, 3.8) is 0 Å². The molecule has 6 heteroatoms. The molecule has 0 radical (unpaired) electrons. The van der Waals surface area contributed by atoms with Crippen molar-refractivity contribution in [1.82, 2.24) is 4.90 Å². The second-order valence-electron chi connectivity index (χ2n) is 5.39. The zero-order valence-corrected chi connectivity index (χ0v) is 14.2. The van der Waals surface area contributed by atoms with Gasteiger partial charge in [-0.05, 0) is 43.7 Å². The number of hydrogen-bond acceptors (Lipinski definition) is 5. The monoisotopic (exact) mass is 333 g/mol. The third kappa shape index (κ3) is 4.45. The van der Waals surface area contributed by atoms with E-state index in [1.54, 1.807) is 13.0 Å². The number of rotatable bonds is 5. The van der Waals surface area contributed by atoms with E-state index < -0.39 is 17.1 Å². The van der Waals surface area contributed by atoms with E-state index in [-0.39, 0.29) is 12.6 Å². The molecule has 0 aromatic heterocycles. The Kier molecular flexibility index (Phi) is 5.60. The maximum absolute atomic E-state index is 12.3. The van der Waals surface area contributed by atoms with Gasteiger partial charge >= 0.3 is 5.97 Å². The van der Waals surface area contributed by atoms with Crippen LogP contribution in [0.15, 0.2) is 29.2 Å². The number of imide groups is 1. The number of esters is 1. The fraction of sp³-hybridized carbons (Fsp3) is 0.353. The minimum atomic E-state index is -0.571. The molecule has 1 fully saturated rings. The number of benzene rings is 1. The fourth-order valence-corrected chi connectivity index (χ4v) is 2.76. The molecular weight excluding hydrogens is 314 g/mol. The Morgan fingerprint density at radius 2 is 1.96 bits per heavy atom. The summed E-state index contributed by atoms with van der Waals surface area (Å²) in [6, 6.07) is 7.61. The summed E-state index contributed by atoms with van der Waals surface area (Å²) >= 11 is 0.838. The number of ether oxygens (including phenoxy) is 1. The van der Waals surface area contributed by atoms with Crippen molar-refractivity contribution in [1.29, 1.82) is 0 Å². The maximum Gasteiger partial charge on any atom is 0.326 e. The zero-order valence-electron chi connectivity index (χ0n) is 13.4. The minimum absolute atomic E-state index is 0.231. The molecule has 122 valence electrons. The number of hydrogen-bond donors (Lipinski definition) is 0. The van der Waals surface area contributed by atoms with Crippen LogP contribution in [0, 0.1) is 6.92 Å². The number of nitrogens with zero attached hydrogens (tertiary/aromatic N) is 1. The van der Waals surface area contributed by atoms with E-state index in [4.69, 9.17) is 4.74 Å². The van der Waals surface area contributed by atoms with Crippen molar-refractivity contribution < 1.29 is 19.1 Å². The molecule has 1 aliphatic heterocycles. The molecular formula is C17H19NO4S. The molecule has 2 rings (SSSR count). The van der Waals surface area contributed by atoms with Crippen LogP contribution in [0.25, 0.3) is 6.08 Å². The van der Waals surface area contributed by atoms with Crippen molar-refractivity contribution >= 4 is 35.0 Å². The minimum Gasteiger partial charge on any atom is -0.461 e. The van der Waals surface area contributed by atoms with Crippen LogP contribution in [0.5, 0.6) is 0 Å². The predicted octanol–water partition coefficient (Wildman–Crippen LogP) is 3.37. The summed E-state index contributed by atoms with van der Waals surface area (Å²) in [5, 5.41) is -0.450. The number of carbonyl (C=O) groups is 3. The van der Waals surface area contributed by atoms with Crippen LogP contribution >= 0.6 is 11.8 Å². The van der Waals surface area contributed by atoms with Gasteiger partial charge in [0.15, 0.2) is 0 Å². The molecule has 2 amide bonds. The number of carbonyl (C=O) groups excluding carboxylic acids is 3. The molecule has 1 aromatic rings. The summed E-state index contributed by atoms with van der Waals surface area (Å²) in [6.45, 7) is 5.28. The Labute approximate surface area is 139 Å². The molecule has 0 unspecified atom stereocenters. The lowest BCUT2D eigenvalue weighted by Gasteiger charge is -2.14. The van der Waals surface area contributed by atoms with Gasteiger partial charge in [-0.1, -0.05) is 36.8 Å². The summed E-state index contributed by atoms with van der Waals surface area (Å²) < 4.78 is 5.11. The van der Waals surface area contributed by atoms with Gasteiger partial charge in [-0.25, -0.2) is 0 Å². The predicted molar refractivity (Wildman–Crippen MR) is 89.7 cm³/mol.